The molecule has 6 rings (SSSR count). The van der Waals surface area contributed by atoms with Crippen LogP contribution in [-0.4, -0.2) is 128 Å². The number of benzene rings is 2. The Hall–Kier alpha value is -3.80. The Kier molecular flexibility index (Phi) is 10.9. The Bertz CT molecular complexity index is 2080. The van der Waals surface area contributed by atoms with Crippen molar-refractivity contribution < 1.29 is 36.3 Å². The number of nitrogens with zero attached hydrogens (tertiary/aromatic N) is 5. The van der Waals surface area contributed by atoms with E-state index in [2.05, 4.69) is 16.8 Å². The summed E-state index contributed by atoms with van der Waals surface area (Å²) in [5.41, 5.74) is 1.92. The van der Waals surface area contributed by atoms with Crippen LogP contribution >= 0.6 is 11.6 Å². The lowest BCUT2D eigenvalue weighted by molar-refractivity contribution is 0.0727. The number of amides is 2. The summed E-state index contributed by atoms with van der Waals surface area (Å²) in [5.74, 6) is -2.76. The lowest BCUT2D eigenvalue weighted by Crippen LogP contribution is -2.53. The molecular formula is C35H44ClFN6O8S. The minimum absolute atomic E-state index is 0.0771. The molecule has 0 radical (unpaired) electrons. The van der Waals surface area contributed by atoms with E-state index in [1.54, 1.807) is 21.2 Å². The number of likely N-dealkylation sites (N-methyl/N-ethyl adjacent to an activating group) is 1. The van der Waals surface area contributed by atoms with E-state index < -0.39 is 33.5 Å². The van der Waals surface area contributed by atoms with Gasteiger partial charge >= 0.3 is 15.8 Å². The molecule has 282 valence electrons. The van der Waals surface area contributed by atoms with Crippen molar-refractivity contribution in [2.75, 3.05) is 91.0 Å². The molecule has 0 unspecified atom stereocenters. The number of fused-ring (bicyclic) bond motifs is 3. The number of carbonyl (C=O) groups excluding carboxylic acids is 2. The topological polar surface area (TPSA) is 145 Å². The van der Waals surface area contributed by atoms with Crippen LogP contribution in [0.4, 0.5) is 15.8 Å². The first kappa shape index (κ1) is 37.9. The van der Waals surface area contributed by atoms with Crippen molar-refractivity contribution in [3.05, 3.63) is 67.3 Å². The number of carbonyl (C=O) groups is 2. The predicted molar refractivity (Wildman–Crippen MR) is 195 cm³/mol. The molecule has 14 nitrogen and oxygen atoms in total. The summed E-state index contributed by atoms with van der Waals surface area (Å²) in [7, 11) is 4.15. The first-order chi connectivity index (χ1) is 24.6. The number of ether oxygens (including phenoxy) is 2. The van der Waals surface area contributed by atoms with Gasteiger partial charge in [-0.15, -0.1) is 0 Å². The highest BCUT2D eigenvalue weighted by Gasteiger charge is 2.35. The molecule has 4 heterocycles. The summed E-state index contributed by atoms with van der Waals surface area (Å²) in [6, 6.07) is 4.15. The minimum atomic E-state index is -4.24. The number of methoxy groups -OCH3 is 2. The van der Waals surface area contributed by atoms with Crippen LogP contribution in [0.1, 0.15) is 43.8 Å². The predicted octanol–water partition coefficient (Wildman–Crippen LogP) is 2.62. The number of rotatable bonds is 9. The zero-order chi connectivity index (χ0) is 37.6. The monoisotopic (exact) mass is 762 g/mol. The summed E-state index contributed by atoms with van der Waals surface area (Å²) in [5, 5.41) is 1.05. The Labute approximate surface area is 307 Å². The molecule has 1 aromatic heterocycles. The van der Waals surface area contributed by atoms with Crippen LogP contribution in [-0.2, 0) is 32.6 Å². The molecule has 3 aliphatic rings. The SMILES string of the molecule is COC[C@H]1CN(c2cc(Cl)c3c4c(c(=O)oc3c2C)CN(C(=O)c2cc(N(C)C)c(C(=O)NS(=O)(=O)N3CC[C@@H](OC)C3)cc2F)CC4)CCN1C. The Balaban J connectivity index is 1.26. The summed E-state index contributed by atoms with van der Waals surface area (Å²) in [6.07, 6.45) is 0.446. The number of hydrogen-bond acceptors (Lipinski definition) is 11. The lowest BCUT2D eigenvalue weighted by atomic mass is 9.94. The number of halogens is 2. The molecule has 3 aliphatic heterocycles. The zero-order valence-electron chi connectivity index (χ0n) is 30.1. The number of nitrogens with one attached hydrogen (secondary N) is 1. The van der Waals surface area contributed by atoms with Crippen molar-refractivity contribution in [1.82, 2.24) is 18.8 Å². The lowest BCUT2D eigenvalue weighted by Gasteiger charge is -2.41. The third kappa shape index (κ3) is 7.11. The second-order valence-corrected chi connectivity index (χ2v) is 15.8. The fourth-order valence-electron chi connectivity index (χ4n) is 7.33. The van der Waals surface area contributed by atoms with Gasteiger partial charge in [-0.2, -0.15) is 12.7 Å². The highest BCUT2D eigenvalue weighted by molar-refractivity contribution is 7.87. The average Bonchev–Trinajstić information content (AvgIpc) is 3.61. The molecule has 17 heteroatoms. The summed E-state index contributed by atoms with van der Waals surface area (Å²) in [6.45, 7) is 5.03. The van der Waals surface area contributed by atoms with Crippen molar-refractivity contribution in [1.29, 1.82) is 0 Å². The van der Waals surface area contributed by atoms with Crippen LogP contribution in [0.2, 0.25) is 5.02 Å². The number of anilines is 2. The molecule has 2 aromatic carbocycles. The number of aryl methyl sites for hydroxylation is 1. The van der Waals surface area contributed by atoms with Crippen molar-refractivity contribution in [3.63, 3.8) is 0 Å². The number of piperazine rings is 1. The Morgan fingerprint density at radius 3 is 2.50 bits per heavy atom. The van der Waals surface area contributed by atoms with Crippen LogP contribution in [0.3, 0.4) is 0 Å². The standard InChI is InChI=1S/C35H44ClFN6O8S/c1-20-29(41-12-11-40(4)21(16-41)19-49-5)15-27(36)31-23-8-9-42(18-26(23)35(46)51-32(20)31)34(45)24-14-30(39(2)3)25(13-28(24)37)33(44)38-52(47,48)43-10-7-22(17-43)50-6/h13-15,21-22H,7-12,16-19H2,1-6H3,(H,38,44)/t21-,22-/m1/s1. The van der Waals surface area contributed by atoms with Gasteiger partial charge in [0.05, 0.1) is 52.7 Å². The first-order valence-electron chi connectivity index (χ1n) is 17.0. The minimum Gasteiger partial charge on any atom is -0.422 e. The van der Waals surface area contributed by atoms with E-state index in [-0.39, 0.29) is 67.1 Å². The molecule has 2 atom stereocenters. The quantitative estimate of drug-likeness (QED) is 0.322. The molecule has 0 aliphatic carbocycles. The van der Waals surface area contributed by atoms with Gasteiger partial charge in [-0.05, 0) is 50.6 Å². The molecule has 2 fully saturated rings. The maximum Gasteiger partial charge on any atom is 0.341 e. The maximum atomic E-state index is 15.7. The van der Waals surface area contributed by atoms with E-state index in [1.807, 2.05) is 17.7 Å². The van der Waals surface area contributed by atoms with Gasteiger partial charge in [0, 0.05) is 84.2 Å². The highest BCUT2D eigenvalue weighted by atomic mass is 35.5. The molecule has 0 bridgehead atoms. The zero-order valence-corrected chi connectivity index (χ0v) is 31.7. The van der Waals surface area contributed by atoms with Crippen LogP contribution in [0.25, 0.3) is 11.0 Å². The van der Waals surface area contributed by atoms with Crippen molar-refractivity contribution in [3.8, 4) is 0 Å². The van der Waals surface area contributed by atoms with E-state index in [0.717, 1.165) is 34.7 Å². The molecule has 52 heavy (non-hydrogen) atoms. The van der Waals surface area contributed by atoms with Crippen LogP contribution < -0.4 is 20.1 Å². The van der Waals surface area contributed by atoms with Gasteiger partial charge in [-0.1, -0.05) is 11.6 Å². The van der Waals surface area contributed by atoms with Gasteiger partial charge in [-0.25, -0.2) is 13.9 Å². The molecule has 0 spiro atoms. The summed E-state index contributed by atoms with van der Waals surface area (Å²) in [4.78, 5) is 47.9. The van der Waals surface area contributed by atoms with Crippen LogP contribution in [0.15, 0.2) is 27.4 Å². The van der Waals surface area contributed by atoms with Crippen LogP contribution in [0, 0.1) is 12.7 Å². The maximum absolute atomic E-state index is 15.7. The fraction of sp³-hybridized carbons (Fsp3) is 0.514. The molecule has 1 N–H and O–H groups in total. The van der Waals surface area contributed by atoms with E-state index in [1.165, 1.54) is 23.0 Å². The third-order valence-corrected chi connectivity index (χ3v) is 12.1. The fourth-order valence-corrected chi connectivity index (χ4v) is 8.82. The normalized spacial score (nSPS) is 20.0. The van der Waals surface area contributed by atoms with Crippen LogP contribution in [0.5, 0.6) is 0 Å². The van der Waals surface area contributed by atoms with Crippen molar-refractivity contribution >= 4 is 56.0 Å². The summed E-state index contributed by atoms with van der Waals surface area (Å²) >= 11 is 6.92. The van der Waals surface area contributed by atoms with Crippen molar-refractivity contribution in [2.45, 2.75) is 38.5 Å². The molecule has 2 amide bonds. The smallest absolute Gasteiger partial charge is 0.341 e. The van der Waals surface area contributed by atoms with E-state index in [4.69, 9.17) is 25.5 Å². The largest absolute Gasteiger partial charge is 0.422 e. The average molecular weight is 763 g/mol. The van der Waals surface area contributed by atoms with E-state index in [9.17, 15) is 22.8 Å². The van der Waals surface area contributed by atoms with Gasteiger partial charge in [-0.3, -0.25) is 14.5 Å². The molecule has 0 saturated carbocycles. The highest BCUT2D eigenvalue weighted by Crippen LogP contribution is 2.39. The molecule has 3 aromatic rings. The molecular weight excluding hydrogens is 719 g/mol. The second-order valence-electron chi connectivity index (χ2n) is 13.8. The van der Waals surface area contributed by atoms with Crippen molar-refractivity contribution in [2.24, 2.45) is 0 Å². The van der Waals surface area contributed by atoms with Gasteiger partial charge in [0.25, 0.3) is 11.8 Å². The van der Waals surface area contributed by atoms with Gasteiger partial charge in [0.1, 0.15) is 11.4 Å². The van der Waals surface area contributed by atoms with E-state index in [0.29, 0.717) is 41.1 Å². The summed E-state index contributed by atoms with van der Waals surface area (Å²) < 4.78 is 61.2. The third-order valence-electron chi connectivity index (χ3n) is 10.4. The first-order valence-corrected chi connectivity index (χ1v) is 18.8. The van der Waals surface area contributed by atoms with Gasteiger partial charge in [0.2, 0.25) is 0 Å². The van der Waals surface area contributed by atoms with Gasteiger partial charge in [0.15, 0.2) is 0 Å². The van der Waals surface area contributed by atoms with E-state index >= 15 is 4.39 Å². The van der Waals surface area contributed by atoms with Gasteiger partial charge < -0.3 is 28.6 Å². The molecule has 2 saturated heterocycles. The second kappa shape index (κ2) is 14.9. The Morgan fingerprint density at radius 1 is 1.08 bits per heavy atom. The number of hydrogen-bond donors (Lipinski definition) is 1. The Morgan fingerprint density at radius 2 is 1.83 bits per heavy atom.